The molecule has 0 aliphatic heterocycles. The summed E-state index contributed by atoms with van der Waals surface area (Å²) in [6.07, 6.45) is 4.58. The van der Waals surface area contributed by atoms with Crippen molar-refractivity contribution in [3.05, 3.63) is 84.4 Å². The number of hydrogen-bond donors (Lipinski definition) is 2. The van der Waals surface area contributed by atoms with Gasteiger partial charge in [-0.3, -0.25) is 10.2 Å². The number of rotatable bonds is 8. The third kappa shape index (κ3) is 5.19. The fraction of sp³-hybridized carbons (Fsp3) is 0.211. The van der Waals surface area contributed by atoms with Gasteiger partial charge >= 0.3 is 0 Å². The van der Waals surface area contributed by atoms with Crippen LogP contribution in [-0.4, -0.2) is 11.9 Å². The first-order valence-electron chi connectivity index (χ1n) is 7.55. The van der Waals surface area contributed by atoms with E-state index in [-0.39, 0.29) is 11.9 Å². The van der Waals surface area contributed by atoms with Gasteiger partial charge in [0, 0.05) is 11.6 Å². The Morgan fingerprint density at radius 2 is 1.68 bits per heavy atom. The predicted octanol–water partition coefficient (Wildman–Crippen LogP) is 3.50. The maximum Gasteiger partial charge on any atom is 0.265 e. The molecule has 0 aromatic heterocycles. The van der Waals surface area contributed by atoms with Crippen molar-refractivity contribution in [2.45, 2.75) is 25.3 Å². The monoisotopic (exact) mass is 294 g/mol. The molecule has 0 fully saturated rings. The van der Waals surface area contributed by atoms with Crippen LogP contribution in [0.25, 0.3) is 0 Å². The normalized spacial score (nSPS) is 11.6. The zero-order chi connectivity index (χ0) is 15.6. The minimum Gasteiger partial charge on any atom is -0.287 e. The van der Waals surface area contributed by atoms with Crippen LogP contribution in [0.1, 0.15) is 28.8 Å². The largest absolute Gasteiger partial charge is 0.287 e. The van der Waals surface area contributed by atoms with Crippen LogP contribution in [0.2, 0.25) is 0 Å². The average Bonchev–Trinajstić information content (AvgIpc) is 2.59. The Morgan fingerprint density at radius 3 is 2.32 bits per heavy atom. The highest BCUT2D eigenvalue weighted by atomic mass is 16.2. The fourth-order valence-electron chi connectivity index (χ4n) is 2.27. The van der Waals surface area contributed by atoms with Crippen LogP contribution in [0.15, 0.2) is 73.3 Å². The molecule has 22 heavy (non-hydrogen) atoms. The van der Waals surface area contributed by atoms with Gasteiger partial charge in [-0.25, -0.2) is 5.43 Å². The Morgan fingerprint density at radius 1 is 1.05 bits per heavy atom. The van der Waals surface area contributed by atoms with E-state index in [1.165, 1.54) is 5.56 Å². The van der Waals surface area contributed by atoms with Crippen molar-refractivity contribution < 1.29 is 4.79 Å². The highest BCUT2D eigenvalue weighted by Crippen LogP contribution is 2.07. The van der Waals surface area contributed by atoms with Gasteiger partial charge in [0.2, 0.25) is 0 Å². The summed E-state index contributed by atoms with van der Waals surface area (Å²) in [6, 6.07) is 19.7. The zero-order valence-electron chi connectivity index (χ0n) is 12.7. The predicted molar refractivity (Wildman–Crippen MR) is 90.4 cm³/mol. The number of carbonyl (C=O) groups is 1. The quantitative estimate of drug-likeness (QED) is 0.578. The molecule has 1 amide bonds. The van der Waals surface area contributed by atoms with Crippen LogP contribution in [-0.2, 0) is 6.42 Å². The summed E-state index contributed by atoms with van der Waals surface area (Å²) in [6.45, 7) is 3.79. The molecule has 0 saturated heterocycles. The van der Waals surface area contributed by atoms with Gasteiger partial charge in [0.1, 0.15) is 0 Å². The molecular weight excluding hydrogens is 272 g/mol. The molecule has 3 nitrogen and oxygen atoms in total. The lowest BCUT2D eigenvalue weighted by atomic mass is 10.0. The van der Waals surface area contributed by atoms with Crippen LogP contribution in [0.3, 0.4) is 0 Å². The van der Waals surface area contributed by atoms with E-state index < -0.39 is 0 Å². The van der Waals surface area contributed by atoms with Crippen LogP contribution in [0.5, 0.6) is 0 Å². The van der Waals surface area contributed by atoms with E-state index >= 15 is 0 Å². The lowest BCUT2D eigenvalue weighted by Crippen LogP contribution is -2.44. The molecule has 1 atom stereocenters. The van der Waals surface area contributed by atoms with Crippen LogP contribution in [0.4, 0.5) is 0 Å². The first-order chi connectivity index (χ1) is 10.8. The van der Waals surface area contributed by atoms with Crippen LogP contribution >= 0.6 is 0 Å². The Kier molecular flexibility index (Phi) is 6.39. The molecule has 0 spiro atoms. The molecule has 3 heteroatoms. The summed E-state index contributed by atoms with van der Waals surface area (Å²) in [7, 11) is 0. The second-order valence-electron chi connectivity index (χ2n) is 5.21. The number of hydrazine groups is 1. The van der Waals surface area contributed by atoms with E-state index in [1.807, 2.05) is 42.5 Å². The minimum absolute atomic E-state index is 0.116. The van der Waals surface area contributed by atoms with Crippen molar-refractivity contribution >= 4 is 5.91 Å². The highest BCUT2D eigenvalue weighted by Gasteiger charge is 2.09. The molecule has 0 radical (unpaired) electrons. The number of aryl methyl sites for hydroxylation is 1. The second-order valence-corrected chi connectivity index (χ2v) is 5.21. The lowest BCUT2D eigenvalue weighted by molar-refractivity contribution is 0.0924. The van der Waals surface area contributed by atoms with Gasteiger partial charge in [-0.2, -0.15) is 0 Å². The molecule has 114 valence electrons. The van der Waals surface area contributed by atoms with E-state index in [0.717, 1.165) is 19.3 Å². The maximum absolute atomic E-state index is 12.0. The van der Waals surface area contributed by atoms with E-state index in [9.17, 15) is 4.79 Å². The van der Waals surface area contributed by atoms with Crippen molar-refractivity contribution in [1.29, 1.82) is 0 Å². The molecule has 2 N–H and O–H groups in total. The Balaban J connectivity index is 1.83. The van der Waals surface area contributed by atoms with Gasteiger partial charge in [0.05, 0.1) is 0 Å². The SMILES string of the molecule is C=CC[C@@H](CCc1ccccc1)NNC(=O)c1ccccc1. The number of nitrogens with one attached hydrogen (secondary N) is 2. The molecule has 0 aliphatic carbocycles. The molecule has 0 aliphatic rings. The summed E-state index contributed by atoms with van der Waals surface area (Å²) in [5.74, 6) is -0.116. The maximum atomic E-state index is 12.0. The molecular formula is C19H22N2O. The molecule has 0 saturated carbocycles. The van der Waals surface area contributed by atoms with Crippen molar-refractivity contribution in [1.82, 2.24) is 10.9 Å². The summed E-state index contributed by atoms with van der Waals surface area (Å²) in [5.41, 5.74) is 7.85. The molecule has 2 aromatic carbocycles. The number of benzene rings is 2. The van der Waals surface area contributed by atoms with E-state index in [2.05, 4.69) is 29.6 Å². The lowest BCUT2D eigenvalue weighted by Gasteiger charge is -2.18. The molecule has 0 heterocycles. The summed E-state index contributed by atoms with van der Waals surface area (Å²) in [5, 5.41) is 0. The van der Waals surface area contributed by atoms with E-state index in [0.29, 0.717) is 5.56 Å². The topological polar surface area (TPSA) is 41.1 Å². The third-order valence-corrected chi connectivity index (χ3v) is 3.50. The van der Waals surface area contributed by atoms with Crippen molar-refractivity contribution in [2.75, 3.05) is 0 Å². The highest BCUT2D eigenvalue weighted by molar-refractivity contribution is 5.93. The second kappa shape index (κ2) is 8.80. The van der Waals surface area contributed by atoms with Gasteiger partial charge in [-0.05, 0) is 37.0 Å². The van der Waals surface area contributed by atoms with Crippen molar-refractivity contribution in [3.8, 4) is 0 Å². The number of hydrogen-bond acceptors (Lipinski definition) is 2. The number of carbonyl (C=O) groups excluding carboxylic acids is 1. The van der Waals surface area contributed by atoms with Crippen molar-refractivity contribution in [2.24, 2.45) is 0 Å². The smallest absolute Gasteiger partial charge is 0.265 e. The molecule has 2 aromatic rings. The summed E-state index contributed by atoms with van der Waals surface area (Å²) < 4.78 is 0. The van der Waals surface area contributed by atoms with Gasteiger partial charge in [0.25, 0.3) is 5.91 Å². The van der Waals surface area contributed by atoms with Gasteiger partial charge in [-0.1, -0.05) is 54.6 Å². The standard InChI is InChI=1S/C19H22N2O/c1-2-9-18(15-14-16-10-5-3-6-11-16)20-21-19(22)17-12-7-4-8-13-17/h2-8,10-13,18,20H,1,9,14-15H2,(H,21,22)/t18-/m0/s1. The molecule has 2 rings (SSSR count). The first kappa shape index (κ1) is 16.0. The molecule has 0 unspecified atom stereocenters. The van der Waals surface area contributed by atoms with Gasteiger partial charge in [0.15, 0.2) is 0 Å². The van der Waals surface area contributed by atoms with Crippen molar-refractivity contribution in [3.63, 3.8) is 0 Å². The van der Waals surface area contributed by atoms with E-state index in [4.69, 9.17) is 0 Å². The minimum atomic E-state index is -0.116. The van der Waals surface area contributed by atoms with E-state index in [1.54, 1.807) is 12.1 Å². The summed E-state index contributed by atoms with van der Waals surface area (Å²) >= 11 is 0. The van der Waals surface area contributed by atoms with Crippen LogP contribution in [0, 0.1) is 0 Å². The Hall–Kier alpha value is -2.39. The number of amides is 1. The van der Waals surface area contributed by atoms with Crippen LogP contribution < -0.4 is 10.9 Å². The Bertz CT molecular complexity index is 581. The molecule has 0 bridgehead atoms. The first-order valence-corrected chi connectivity index (χ1v) is 7.55. The zero-order valence-corrected chi connectivity index (χ0v) is 12.7. The Labute approximate surface area is 132 Å². The third-order valence-electron chi connectivity index (χ3n) is 3.50. The van der Waals surface area contributed by atoms with Gasteiger partial charge < -0.3 is 0 Å². The van der Waals surface area contributed by atoms with Gasteiger partial charge in [-0.15, -0.1) is 6.58 Å². The fourth-order valence-corrected chi connectivity index (χ4v) is 2.27. The summed E-state index contributed by atoms with van der Waals surface area (Å²) in [4.78, 5) is 12.0. The average molecular weight is 294 g/mol.